The highest BCUT2D eigenvalue weighted by molar-refractivity contribution is 5.74. The van der Waals surface area contributed by atoms with Gasteiger partial charge in [0.05, 0.1) is 18.8 Å². The van der Waals surface area contributed by atoms with Gasteiger partial charge in [-0.2, -0.15) is 0 Å². The molecule has 116 valence electrons. The summed E-state index contributed by atoms with van der Waals surface area (Å²) in [5, 5.41) is 11.7. The van der Waals surface area contributed by atoms with E-state index in [1.807, 2.05) is 30.3 Å². The molecule has 0 aliphatic rings. The number of pyridine rings is 1. The fourth-order valence-electron chi connectivity index (χ4n) is 2.00. The molecule has 0 spiro atoms. The van der Waals surface area contributed by atoms with Crippen LogP contribution in [0.3, 0.4) is 0 Å². The Morgan fingerprint density at radius 3 is 2.68 bits per heavy atom. The molecule has 0 unspecified atom stereocenters. The molecule has 1 aromatic carbocycles. The van der Waals surface area contributed by atoms with Crippen molar-refractivity contribution in [3.05, 3.63) is 65.7 Å². The first-order chi connectivity index (χ1) is 10.7. The van der Waals surface area contributed by atoms with E-state index in [-0.39, 0.29) is 31.4 Å². The van der Waals surface area contributed by atoms with Gasteiger partial charge in [0.1, 0.15) is 5.82 Å². The van der Waals surface area contributed by atoms with Gasteiger partial charge in [0, 0.05) is 19.3 Å². The maximum atomic E-state index is 13.5. The Morgan fingerprint density at radius 2 is 2.00 bits per heavy atom. The van der Waals surface area contributed by atoms with Gasteiger partial charge in [-0.3, -0.25) is 4.98 Å². The molecule has 0 radical (unpaired) electrons. The SMILES string of the molecule is O=C(NCc1ncccc1F)N(CCO)Cc1ccccc1. The molecule has 0 saturated heterocycles. The number of nitrogens with one attached hydrogen (secondary N) is 1. The monoisotopic (exact) mass is 303 g/mol. The molecule has 0 atom stereocenters. The molecule has 0 aliphatic heterocycles. The van der Waals surface area contributed by atoms with Crippen LogP contribution in [0.5, 0.6) is 0 Å². The normalized spacial score (nSPS) is 10.3. The Hall–Kier alpha value is -2.47. The lowest BCUT2D eigenvalue weighted by Gasteiger charge is -2.22. The number of carbonyl (C=O) groups is 1. The van der Waals surface area contributed by atoms with E-state index in [2.05, 4.69) is 10.3 Å². The third-order valence-corrected chi connectivity index (χ3v) is 3.12. The lowest BCUT2D eigenvalue weighted by atomic mass is 10.2. The molecule has 0 bridgehead atoms. The lowest BCUT2D eigenvalue weighted by Crippen LogP contribution is -2.41. The van der Waals surface area contributed by atoms with Gasteiger partial charge in [-0.15, -0.1) is 0 Å². The van der Waals surface area contributed by atoms with Crippen molar-refractivity contribution >= 4 is 6.03 Å². The maximum absolute atomic E-state index is 13.5. The van der Waals surface area contributed by atoms with Gasteiger partial charge in [0.15, 0.2) is 0 Å². The molecule has 22 heavy (non-hydrogen) atoms. The van der Waals surface area contributed by atoms with Crippen molar-refractivity contribution < 1.29 is 14.3 Å². The first kappa shape index (κ1) is 15.9. The van der Waals surface area contributed by atoms with Crippen LogP contribution in [0.2, 0.25) is 0 Å². The number of halogens is 1. The van der Waals surface area contributed by atoms with Crippen LogP contribution in [0, 0.1) is 5.82 Å². The molecule has 6 heteroatoms. The van der Waals surface area contributed by atoms with Crippen LogP contribution < -0.4 is 5.32 Å². The summed E-state index contributed by atoms with van der Waals surface area (Å²) in [6, 6.07) is 11.9. The van der Waals surface area contributed by atoms with Crippen molar-refractivity contribution in [2.24, 2.45) is 0 Å². The summed E-state index contributed by atoms with van der Waals surface area (Å²) in [4.78, 5) is 17.5. The first-order valence-electron chi connectivity index (χ1n) is 6.97. The van der Waals surface area contributed by atoms with Gasteiger partial charge in [0.25, 0.3) is 0 Å². The second-order valence-electron chi connectivity index (χ2n) is 4.72. The predicted octanol–water partition coefficient (Wildman–Crippen LogP) is 1.92. The Bertz CT molecular complexity index is 607. The summed E-state index contributed by atoms with van der Waals surface area (Å²) in [7, 11) is 0. The molecule has 1 aromatic heterocycles. The largest absolute Gasteiger partial charge is 0.395 e. The highest BCUT2D eigenvalue weighted by Gasteiger charge is 2.14. The van der Waals surface area contributed by atoms with Gasteiger partial charge in [-0.05, 0) is 17.7 Å². The smallest absolute Gasteiger partial charge is 0.318 e. The van der Waals surface area contributed by atoms with Gasteiger partial charge in [0.2, 0.25) is 0 Å². The van der Waals surface area contributed by atoms with Crippen molar-refractivity contribution in [3.8, 4) is 0 Å². The van der Waals surface area contributed by atoms with Crippen molar-refractivity contribution in [1.29, 1.82) is 0 Å². The van der Waals surface area contributed by atoms with Crippen LogP contribution in [0.15, 0.2) is 48.7 Å². The first-order valence-corrected chi connectivity index (χ1v) is 6.97. The molecule has 2 rings (SSSR count). The van der Waals surface area contributed by atoms with Crippen LogP contribution in [-0.4, -0.2) is 34.2 Å². The van der Waals surface area contributed by atoms with Gasteiger partial charge in [-0.1, -0.05) is 30.3 Å². The zero-order valence-electron chi connectivity index (χ0n) is 12.1. The second kappa shape index (κ2) is 8.09. The van der Waals surface area contributed by atoms with E-state index in [9.17, 15) is 9.18 Å². The summed E-state index contributed by atoms with van der Waals surface area (Å²) >= 11 is 0. The quantitative estimate of drug-likeness (QED) is 0.857. The molecule has 2 aromatic rings. The molecular weight excluding hydrogens is 285 g/mol. The van der Waals surface area contributed by atoms with Crippen LogP contribution in [-0.2, 0) is 13.1 Å². The average molecular weight is 303 g/mol. The van der Waals surface area contributed by atoms with E-state index in [0.29, 0.717) is 6.54 Å². The number of aromatic nitrogens is 1. The van der Waals surface area contributed by atoms with Gasteiger partial charge in [-0.25, -0.2) is 9.18 Å². The number of benzene rings is 1. The van der Waals surface area contributed by atoms with E-state index in [1.54, 1.807) is 0 Å². The Kier molecular flexibility index (Phi) is 5.85. The Morgan fingerprint density at radius 1 is 1.23 bits per heavy atom. The van der Waals surface area contributed by atoms with Crippen LogP contribution in [0.1, 0.15) is 11.3 Å². The summed E-state index contributed by atoms with van der Waals surface area (Å²) < 4.78 is 13.5. The minimum atomic E-state index is -0.459. The fourth-order valence-corrected chi connectivity index (χ4v) is 2.00. The average Bonchev–Trinajstić information content (AvgIpc) is 2.54. The lowest BCUT2D eigenvalue weighted by molar-refractivity contribution is 0.173. The molecule has 5 nitrogen and oxygen atoms in total. The van der Waals surface area contributed by atoms with Crippen LogP contribution >= 0.6 is 0 Å². The van der Waals surface area contributed by atoms with Crippen LogP contribution in [0.25, 0.3) is 0 Å². The Labute approximate surface area is 128 Å². The van der Waals surface area contributed by atoms with Crippen molar-refractivity contribution in [2.45, 2.75) is 13.1 Å². The molecule has 2 amide bonds. The van der Waals surface area contributed by atoms with E-state index in [4.69, 9.17) is 5.11 Å². The third-order valence-electron chi connectivity index (χ3n) is 3.12. The minimum Gasteiger partial charge on any atom is -0.395 e. The summed E-state index contributed by atoms with van der Waals surface area (Å²) in [5.74, 6) is -0.459. The topological polar surface area (TPSA) is 65.5 Å². The number of rotatable bonds is 6. The number of urea groups is 1. The molecule has 0 fully saturated rings. The minimum absolute atomic E-state index is 0.00221. The number of hydrogen-bond donors (Lipinski definition) is 2. The summed E-state index contributed by atoms with van der Waals surface area (Å²) in [6.07, 6.45) is 1.47. The molecular formula is C16H18FN3O2. The number of nitrogens with zero attached hydrogens (tertiary/aromatic N) is 2. The fraction of sp³-hybridized carbons (Fsp3) is 0.250. The summed E-state index contributed by atoms with van der Waals surface area (Å²) in [5.41, 5.74) is 1.13. The highest BCUT2D eigenvalue weighted by atomic mass is 19.1. The third kappa shape index (κ3) is 4.53. The number of aliphatic hydroxyl groups is 1. The molecule has 0 saturated carbocycles. The molecule has 0 aliphatic carbocycles. The standard InChI is InChI=1S/C16H18FN3O2/c17-14-7-4-8-18-15(14)11-19-16(22)20(9-10-21)12-13-5-2-1-3-6-13/h1-8,21H,9-12H2,(H,19,22). The second-order valence-corrected chi connectivity index (χ2v) is 4.72. The zero-order chi connectivity index (χ0) is 15.8. The number of aliphatic hydroxyl groups excluding tert-OH is 1. The van der Waals surface area contributed by atoms with Crippen molar-refractivity contribution in [3.63, 3.8) is 0 Å². The van der Waals surface area contributed by atoms with E-state index >= 15 is 0 Å². The predicted molar refractivity (Wildman–Crippen MR) is 80.4 cm³/mol. The van der Waals surface area contributed by atoms with E-state index in [0.717, 1.165) is 5.56 Å². The Balaban J connectivity index is 1.96. The van der Waals surface area contributed by atoms with Gasteiger partial charge < -0.3 is 15.3 Å². The molecule has 1 heterocycles. The van der Waals surface area contributed by atoms with E-state index in [1.165, 1.54) is 23.2 Å². The van der Waals surface area contributed by atoms with Crippen molar-refractivity contribution in [1.82, 2.24) is 15.2 Å². The van der Waals surface area contributed by atoms with Crippen LogP contribution in [0.4, 0.5) is 9.18 Å². The zero-order valence-corrected chi connectivity index (χ0v) is 12.1. The maximum Gasteiger partial charge on any atom is 0.318 e. The highest BCUT2D eigenvalue weighted by Crippen LogP contribution is 2.06. The number of carbonyl (C=O) groups excluding carboxylic acids is 1. The van der Waals surface area contributed by atoms with Crippen molar-refractivity contribution in [2.75, 3.05) is 13.2 Å². The molecule has 2 N–H and O–H groups in total. The van der Waals surface area contributed by atoms with Gasteiger partial charge >= 0.3 is 6.03 Å². The van der Waals surface area contributed by atoms with E-state index < -0.39 is 5.82 Å². The number of amides is 2. The number of hydrogen-bond acceptors (Lipinski definition) is 3. The summed E-state index contributed by atoms with van der Waals surface area (Å²) in [6.45, 7) is 0.434.